The first-order valence-electron chi connectivity index (χ1n) is 10.2. The van der Waals surface area contributed by atoms with Crippen LogP contribution in [0.15, 0.2) is 48.5 Å². The van der Waals surface area contributed by atoms with E-state index in [1.165, 1.54) is 0 Å². The van der Waals surface area contributed by atoms with Crippen LogP contribution in [0.4, 0.5) is 0 Å². The average Bonchev–Trinajstić information content (AvgIpc) is 3.10. The molecule has 8 nitrogen and oxygen atoms in total. The molecule has 168 valence electrons. The molecule has 3 N–H and O–H groups in total. The van der Waals surface area contributed by atoms with E-state index in [0.29, 0.717) is 23.6 Å². The third kappa shape index (κ3) is 5.67. The van der Waals surface area contributed by atoms with Crippen LogP contribution < -0.4 is 16.2 Å². The van der Waals surface area contributed by atoms with Gasteiger partial charge in [0.25, 0.3) is 11.8 Å². The quantitative estimate of drug-likeness (QED) is 0.453. The molecule has 9 heteroatoms. The van der Waals surface area contributed by atoms with Crippen molar-refractivity contribution in [2.45, 2.75) is 25.8 Å². The molecule has 3 rings (SSSR count). The van der Waals surface area contributed by atoms with Gasteiger partial charge in [0.05, 0.1) is 17.5 Å². The number of carbonyl (C=O) groups is 3. The van der Waals surface area contributed by atoms with Gasteiger partial charge in [-0.3, -0.25) is 25.2 Å². The number of carbonyl (C=O) groups excluding carboxylic acids is 3. The molecule has 1 atom stereocenters. The van der Waals surface area contributed by atoms with Gasteiger partial charge >= 0.3 is 0 Å². The van der Waals surface area contributed by atoms with Gasteiger partial charge in [-0.2, -0.15) is 11.8 Å². The molecule has 3 amide bonds. The monoisotopic (exact) mass is 453 g/mol. The highest BCUT2D eigenvalue weighted by Gasteiger charge is 2.22. The van der Waals surface area contributed by atoms with E-state index in [9.17, 15) is 14.4 Å². The Bertz CT molecular complexity index is 1130. The number of imidazole rings is 1. The Morgan fingerprint density at radius 3 is 2.50 bits per heavy atom. The molecule has 3 aromatic rings. The van der Waals surface area contributed by atoms with Gasteiger partial charge in [-0.05, 0) is 49.1 Å². The molecule has 0 saturated carbocycles. The number of hydrogen-bond donors (Lipinski definition) is 3. The SMILES string of the molecule is CSCC[C@H](NC(=O)c1ccccc1C)C(=O)NNC(=O)Cc1nc2ccccc2n1C. The van der Waals surface area contributed by atoms with Gasteiger partial charge in [-0.25, -0.2) is 4.98 Å². The third-order valence-corrected chi connectivity index (χ3v) is 5.79. The van der Waals surface area contributed by atoms with E-state index in [-0.39, 0.29) is 12.3 Å². The van der Waals surface area contributed by atoms with Gasteiger partial charge in [0.15, 0.2) is 0 Å². The first kappa shape index (κ1) is 23.3. The molecule has 2 aromatic carbocycles. The summed E-state index contributed by atoms with van der Waals surface area (Å²) in [4.78, 5) is 42.2. The molecule has 0 spiro atoms. The van der Waals surface area contributed by atoms with E-state index in [2.05, 4.69) is 21.2 Å². The number of benzene rings is 2. The van der Waals surface area contributed by atoms with Crippen molar-refractivity contribution in [1.82, 2.24) is 25.7 Å². The number of rotatable bonds is 8. The number of hydrazine groups is 1. The molecule has 0 fully saturated rings. The minimum atomic E-state index is -0.773. The van der Waals surface area contributed by atoms with Crippen molar-refractivity contribution in [3.8, 4) is 0 Å². The number of amides is 3. The summed E-state index contributed by atoms with van der Waals surface area (Å²) in [6.07, 6.45) is 2.37. The van der Waals surface area contributed by atoms with Crippen molar-refractivity contribution in [3.63, 3.8) is 0 Å². The standard InChI is InChI=1S/C23H27N5O3S/c1-15-8-4-5-9-16(15)22(30)25-18(12-13-32-3)23(31)27-26-21(29)14-20-24-17-10-6-7-11-19(17)28(20)2/h4-11,18H,12-14H2,1-3H3,(H,25,30)(H,26,29)(H,27,31)/t18-/m0/s1. The summed E-state index contributed by atoms with van der Waals surface area (Å²) < 4.78 is 1.85. The van der Waals surface area contributed by atoms with Gasteiger partial charge in [-0.15, -0.1) is 0 Å². The van der Waals surface area contributed by atoms with Gasteiger partial charge in [0.1, 0.15) is 11.9 Å². The molecule has 0 unspecified atom stereocenters. The van der Waals surface area contributed by atoms with E-state index >= 15 is 0 Å². The molecular formula is C23H27N5O3S. The first-order valence-corrected chi connectivity index (χ1v) is 11.6. The maximum absolute atomic E-state index is 12.7. The van der Waals surface area contributed by atoms with Crippen LogP contribution in [0.1, 0.15) is 28.2 Å². The Labute approximate surface area is 191 Å². The summed E-state index contributed by atoms with van der Waals surface area (Å²) in [7, 11) is 1.84. The smallest absolute Gasteiger partial charge is 0.260 e. The fraction of sp³-hybridized carbons (Fsp3) is 0.304. The molecule has 0 saturated heterocycles. The van der Waals surface area contributed by atoms with Crippen LogP contribution in [-0.4, -0.2) is 45.3 Å². The van der Waals surface area contributed by atoms with Crippen LogP contribution in [0, 0.1) is 6.92 Å². The van der Waals surface area contributed by atoms with Crippen LogP contribution in [0.3, 0.4) is 0 Å². The molecule has 32 heavy (non-hydrogen) atoms. The normalized spacial score (nSPS) is 11.7. The molecule has 1 heterocycles. The van der Waals surface area contributed by atoms with Gasteiger partial charge < -0.3 is 9.88 Å². The third-order valence-electron chi connectivity index (χ3n) is 5.15. The van der Waals surface area contributed by atoms with Crippen LogP contribution >= 0.6 is 11.8 Å². The molecule has 0 aliphatic rings. The largest absolute Gasteiger partial charge is 0.340 e. The fourth-order valence-electron chi connectivity index (χ4n) is 3.33. The van der Waals surface area contributed by atoms with Gasteiger partial charge in [0, 0.05) is 12.6 Å². The lowest BCUT2D eigenvalue weighted by Gasteiger charge is -2.19. The van der Waals surface area contributed by atoms with E-state index < -0.39 is 17.9 Å². The number of nitrogens with one attached hydrogen (secondary N) is 3. The van der Waals surface area contributed by atoms with Crippen molar-refractivity contribution in [3.05, 3.63) is 65.5 Å². The summed E-state index contributed by atoms with van der Waals surface area (Å²) in [5, 5.41) is 2.78. The highest BCUT2D eigenvalue weighted by Crippen LogP contribution is 2.14. The Morgan fingerprint density at radius 2 is 1.78 bits per heavy atom. The van der Waals surface area contributed by atoms with Crippen LogP contribution in [0.2, 0.25) is 0 Å². The van der Waals surface area contributed by atoms with E-state index in [1.54, 1.807) is 23.9 Å². The number of para-hydroxylation sites is 2. The summed E-state index contributed by atoms with van der Waals surface area (Å²) in [6.45, 7) is 1.84. The predicted octanol–water partition coefficient (Wildman–Crippen LogP) is 2.12. The molecule has 1 aromatic heterocycles. The topological polar surface area (TPSA) is 105 Å². The number of aryl methyl sites for hydroxylation is 2. The summed E-state index contributed by atoms with van der Waals surface area (Å²) in [5.74, 6) is 0.0741. The maximum atomic E-state index is 12.7. The lowest BCUT2D eigenvalue weighted by atomic mass is 10.1. The van der Waals surface area contributed by atoms with Crippen LogP contribution in [0.5, 0.6) is 0 Å². The van der Waals surface area contributed by atoms with E-state index in [1.807, 2.05) is 61.2 Å². The summed E-state index contributed by atoms with van der Waals surface area (Å²) >= 11 is 1.57. The van der Waals surface area contributed by atoms with Crippen molar-refractivity contribution in [1.29, 1.82) is 0 Å². The minimum Gasteiger partial charge on any atom is -0.340 e. The fourth-order valence-corrected chi connectivity index (χ4v) is 3.80. The lowest BCUT2D eigenvalue weighted by Crippen LogP contribution is -2.52. The maximum Gasteiger partial charge on any atom is 0.260 e. The molecule has 0 aliphatic heterocycles. The van der Waals surface area contributed by atoms with Crippen molar-refractivity contribution in [2.24, 2.45) is 7.05 Å². The second-order valence-corrected chi connectivity index (χ2v) is 8.40. The number of thioether (sulfide) groups is 1. The highest BCUT2D eigenvalue weighted by molar-refractivity contribution is 7.98. The van der Waals surface area contributed by atoms with Gasteiger partial charge in [0.2, 0.25) is 5.91 Å². The van der Waals surface area contributed by atoms with Crippen molar-refractivity contribution >= 4 is 40.5 Å². The van der Waals surface area contributed by atoms with Crippen LogP contribution in [0.25, 0.3) is 11.0 Å². The molecule has 0 aliphatic carbocycles. The zero-order valence-electron chi connectivity index (χ0n) is 18.3. The first-order chi connectivity index (χ1) is 15.4. The molecule has 0 bridgehead atoms. The minimum absolute atomic E-state index is 0.0104. The van der Waals surface area contributed by atoms with Crippen molar-refractivity contribution in [2.75, 3.05) is 12.0 Å². The lowest BCUT2D eigenvalue weighted by molar-refractivity contribution is -0.129. The van der Waals surface area contributed by atoms with E-state index in [4.69, 9.17) is 0 Å². The number of hydrogen-bond acceptors (Lipinski definition) is 5. The second kappa shape index (κ2) is 10.8. The second-order valence-electron chi connectivity index (χ2n) is 7.41. The number of nitrogens with zero attached hydrogens (tertiary/aromatic N) is 2. The zero-order valence-corrected chi connectivity index (χ0v) is 19.2. The van der Waals surface area contributed by atoms with Crippen molar-refractivity contribution < 1.29 is 14.4 Å². The Kier molecular flexibility index (Phi) is 7.88. The molecule has 0 radical (unpaired) electrons. The molecular weight excluding hydrogens is 426 g/mol. The van der Waals surface area contributed by atoms with Gasteiger partial charge in [-0.1, -0.05) is 30.3 Å². The Morgan fingerprint density at radius 1 is 1.06 bits per heavy atom. The van der Waals surface area contributed by atoms with Crippen LogP contribution in [-0.2, 0) is 23.1 Å². The number of fused-ring (bicyclic) bond motifs is 1. The average molecular weight is 454 g/mol. The highest BCUT2D eigenvalue weighted by atomic mass is 32.2. The zero-order chi connectivity index (χ0) is 23.1. The summed E-state index contributed by atoms with van der Waals surface area (Å²) in [5.41, 5.74) is 7.94. The predicted molar refractivity (Wildman–Crippen MR) is 126 cm³/mol. The Hall–Kier alpha value is -3.33. The Balaban J connectivity index is 1.60. The van der Waals surface area contributed by atoms with E-state index in [0.717, 1.165) is 16.6 Å². The summed E-state index contributed by atoms with van der Waals surface area (Å²) in [6, 6.07) is 14.0. The number of aromatic nitrogens is 2.